The Morgan fingerprint density at radius 3 is 2.73 bits per heavy atom. The molecule has 0 spiro atoms. The van der Waals surface area contributed by atoms with Gasteiger partial charge < -0.3 is 15.1 Å². The van der Waals surface area contributed by atoms with Crippen LogP contribution in [0.4, 0.5) is 0 Å². The molecular weight excluding hydrogens is 308 g/mol. The van der Waals surface area contributed by atoms with Crippen molar-refractivity contribution in [2.45, 2.75) is 13.3 Å². The van der Waals surface area contributed by atoms with Crippen molar-refractivity contribution in [1.82, 2.24) is 10.6 Å². The first kappa shape index (κ1) is 16.0. The normalized spacial score (nSPS) is 10.5. The number of amides is 2. The van der Waals surface area contributed by atoms with Gasteiger partial charge in [-0.15, -0.1) is 0 Å². The number of halogens is 1. The van der Waals surface area contributed by atoms with E-state index < -0.39 is 5.91 Å². The Morgan fingerprint density at radius 2 is 2.00 bits per heavy atom. The van der Waals surface area contributed by atoms with Crippen LogP contribution in [-0.4, -0.2) is 24.9 Å². The molecule has 1 heterocycles. The minimum Gasteiger partial charge on any atom is -0.451 e. The van der Waals surface area contributed by atoms with Crippen LogP contribution in [0.2, 0.25) is 5.02 Å². The lowest BCUT2D eigenvalue weighted by Crippen LogP contribution is -2.37. The van der Waals surface area contributed by atoms with Crippen molar-refractivity contribution in [2.75, 3.05) is 13.1 Å². The van der Waals surface area contributed by atoms with E-state index in [1.165, 1.54) is 12.1 Å². The third-order valence-corrected chi connectivity index (χ3v) is 3.13. The highest BCUT2D eigenvalue weighted by molar-refractivity contribution is 6.31. The predicted octanol–water partition coefficient (Wildman–Crippen LogP) is 1.70. The van der Waals surface area contributed by atoms with Gasteiger partial charge in [-0.3, -0.25) is 14.4 Å². The van der Waals surface area contributed by atoms with Crippen LogP contribution < -0.4 is 16.1 Å². The van der Waals surface area contributed by atoms with Gasteiger partial charge in [0.2, 0.25) is 5.91 Å². The van der Waals surface area contributed by atoms with Gasteiger partial charge in [-0.25, -0.2) is 0 Å². The molecule has 0 aliphatic carbocycles. The van der Waals surface area contributed by atoms with Gasteiger partial charge in [0.25, 0.3) is 5.91 Å². The molecule has 6 nitrogen and oxygen atoms in total. The molecule has 0 radical (unpaired) electrons. The molecular formula is C15H15ClN2O4. The highest BCUT2D eigenvalue weighted by Gasteiger charge is 2.13. The monoisotopic (exact) mass is 322 g/mol. The zero-order chi connectivity index (χ0) is 16.1. The molecule has 0 atom stereocenters. The highest BCUT2D eigenvalue weighted by atomic mass is 35.5. The third kappa shape index (κ3) is 3.85. The van der Waals surface area contributed by atoms with Crippen molar-refractivity contribution < 1.29 is 14.0 Å². The van der Waals surface area contributed by atoms with Crippen molar-refractivity contribution in [2.24, 2.45) is 0 Å². The lowest BCUT2D eigenvalue weighted by atomic mass is 10.2. The van der Waals surface area contributed by atoms with Gasteiger partial charge in [0, 0.05) is 17.6 Å². The second-order valence-electron chi connectivity index (χ2n) is 4.65. The summed E-state index contributed by atoms with van der Waals surface area (Å²) >= 11 is 5.81. The van der Waals surface area contributed by atoms with E-state index in [1.807, 2.05) is 6.92 Å². The first-order chi connectivity index (χ1) is 10.5. The van der Waals surface area contributed by atoms with Crippen LogP contribution in [0.15, 0.2) is 33.5 Å². The first-order valence-corrected chi connectivity index (χ1v) is 7.17. The molecule has 116 valence electrons. The van der Waals surface area contributed by atoms with Crippen LogP contribution in [0.3, 0.4) is 0 Å². The third-order valence-electron chi connectivity index (χ3n) is 2.89. The lowest BCUT2D eigenvalue weighted by molar-refractivity contribution is -0.120. The van der Waals surface area contributed by atoms with E-state index in [1.54, 1.807) is 6.07 Å². The summed E-state index contributed by atoms with van der Waals surface area (Å²) in [6, 6.07) is 5.64. The summed E-state index contributed by atoms with van der Waals surface area (Å²) in [6.07, 6.45) is 0.807. The molecule has 0 bridgehead atoms. The lowest BCUT2D eigenvalue weighted by Gasteiger charge is -2.06. The number of benzene rings is 1. The van der Waals surface area contributed by atoms with Crippen molar-refractivity contribution in [3.8, 4) is 0 Å². The zero-order valence-electron chi connectivity index (χ0n) is 11.9. The Morgan fingerprint density at radius 1 is 1.23 bits per heavy atom. The van der Waals surface area contributed by atoms with E-state index >= 15 is 0 Å². The number of carbonyl (C=O) groups is 2. The van der Waals surface area contributed by atoms with Crippen LogP contribution >= 0.6 is 11.6 Å². The molecule has 0 saturated heterocycles. The molecule has 0 aliphatic rings. The van der Waals surface area contributed by atoms with Crippen molar-refractivity contribution in [3.63, 3.8) is 0 Å². The molecule has 22 heavy (non-hydrogen) atoms. The minimum absolute atomic E-state index is 0.150. The SMILES string of the molecule is CCCNC(=O)CNC(=O)c1cc(=O)c2cc(Cl)ccc2o1. The topological polar surface area (TPSA) is 88.4 Å². The van der Waals surface area contributed by atoms with E-state index in [9.17, 15) is 14.4 Å². The molecule has 0 unspecified atom stereocenters. The second kappa shape index (κ2) is 7.09. The number of hydrogen-bond acceptors (Lipinski definition) is 4. The molecule has 0 fully saturated rings. The van der Waals surface area contributed by atoms with Crippen molar-refractivity contribution >= 4 is 34.4 Å². The number of fused-ring (bicyclic) bond motifs is 1. The summed E-state index contributed by atoms with van der Waals surface area (Å²) in [5, 5.41) is 5.73. The van der Waals surface area contributed by atoms with E-state index in [0.29, 0.717) is 17.0 Å². The summed E-state index contributed by atoms with van der Waals surface area (Å²) in [5.74, 6) is -1.08. The van der Waals surface area contributed by atoms with Gasteiger partial charge >= 0.3 is 0 Å². The maximum absolute atomic E-state index is 12.0. The maximum atomic E-state index is 12.0. The summed E-state index contributed by atoms with van der Waals surface area (Å²) in [4.78, 5) is 35.3. The van der Waals surface area contributed by atoms with Gasteiger partial charge in [0.1, 0.15) is 5.58 Å². The Kier molecular flexibility index (Phi) is 5.16. The molecule has 2 rings (SSSR count). The average molecular weight is 323 g/mol. The molecule has 1 aromatic carbocycles. The maximum Gasteiger partial charge on any atom is 0.287 e. The molecule has 1 aromatic heterocycles. The number of nitrogens with one attached hydrogen (secondary N) is 2. The summed E-state index contributed by atoms with van der Waals surface area (Å²) in [5.41, 5.74) is -0.109. The van der Waals surface area contributed by atoms with Crippen molar-refractivity contribution in [1.29, 1.82) is 0 Å². The van der Waals surface area contributed by atoms with Crippen LogP contribution in [0, 0.1) is 0 Å². The molecule has 0 aliphatic heterocycles. The van der Waals surface area contributed by atoms with E-state index in [-0.39, 0.29) is 29.2 Å². The summed E-state index contributed by atoms with van der Waals surface area (Å²) in [6.45, 7) is 2.29. The molecule has 2 aromatic rings. The highest BCUT2D eigenvalue weighted by Crippen LogP contribution is 2.17. The number of carbonyl (C=O) groups excluding carboxylic acids is 2. The largest absolute Gasteiger partial charge is 0.451 e. The van der Waals surface area contributed by atoms with Crippen LogP contribution in [0.25, 0.3) is 11.0 Å². The standard InChI is InChI=1S/C15H15ClN2O4/c1-2-5-17-14(20)8-18-15(21)13-7-11(19)10-6-9(16)3-4-12(10)22-13/h3-4,6-7H,2,5,8H2,1H3,(H,17,20)(H,18,21). The van der Waals surface area contributed by atoms with Crippen molar-refractivity contribution in [3.05, 3.63) is 45.3 Å². The molecule has 2 N–H and O–H groups in total. The molecule has 7 heteroatoms. The Balaban J connectivity index is 2.13. The zero-order valence-corrected chi connectivity index (χ0v) is 12.7. The minimum atomic E-state index is -0.624. The average Bonchev–Trinajstić information content (AvgIpc) is 2.51. The smallest absolute Gasteiger partial charge is 0.287 e. The Labute approximate surface area is 131 Å². The fourth-order valence-corrected chi connectivity index (χ4v) is 1.99. The molecule has 0 saturated carbocycles. The van der Waals surface area contributed by atoms with Crippen LogP contribution in [0.5, 0.6) is 0 Å². The quantitative estimate of drug-likeness (QED) is 0.877. The summed E-state index contributed by atoms with van der Waals surface area (Å²) in [7, 11) is 0. The van der Waals surface area contributed by atoms with E-state index in [0.717, 1.165) is 12.5 Å². The van der Waals surface area contributed by atoms with E-state index in [4.69, 9.17) is 16.0 Å². The predicted molar refractivity (Wildman–Crippen MR) is 83.1 cm³/mol. The van der Waals surface area contributed by atoms with Gasteiger partial charge in [-0.05, 0) is 24.6 Å². The van der Waals surface area contributed by atoms with Crippen LogP contribution in [-0.2, 0) is 4.79 Å². The second-order valence-corrected chi connectivity index (χ2v) is 5.08. The van der Waals surface area contributed by atoms with Gasteiger partial charge in [-0.2, -0.15) is 0 Å². The van der Waals surface area contributed by atoms with Gasteiger partial charge in [0.15, 0.2) is 11.2 Å². The van der Waals surface area contributed by atoms with E-state index in [2.05, 4.69) is 10.6 Å². The summed E-state index contributed by atoms with van der Waals surface area (Å²) < 4.78 is 5.37. The fraction of sp³-hybridized carbons (Fsp3) is 0.267. The Hall–Kier alpha value is -2.34. The van der Waals surface area contributed by atoms with Crippen LogP contribution in [0.1, 0.15) is 23.9 Å². The first-order valence-electron chi connectivity index (χ1n) is 6.79. The fourth-order valence-electron chi connectivity index (χ4n) is 1.81. The Bertz CT molecular complexity index is 770. The molecule has 2 amide bonds. The van der Waals surface area contributed by atoms with Gasteiger partial charge in [0.05, 0.1) is 11.9 Å². The number of rotatable bonds is 5. The number of hydrogen-bond donors (Lipinski definition) is 2. The van der Waals surface area contributed by atoms with Gasteiger partial charge in [-0.1, -0.05) is 18.5 Å².